The number of fused-ring (bicyclic) bond motifs is 1. The number of halogens is 3. The first-order valence-corrected chi connectivity index (χ1v) is 11.1. The fourth-order valence-electron chi connectivity index (χ4n) is 3.62. The van der Waals surface area contributed by atoms with Gasteiger partial charge in [0.2, 0.25) is 17.7 Å². The van der Waals surface area contributed by atoms with Gasteiger partial charge >= 0.3 is 6.18 Å². The van der Waals surface area contributed by atoms with Crippen LogP contribution in [0.15, 0.2) is 54.7 Å². The third-order valence-electron chi connectivity index (χ3n) is 5.34. The Kier molecular flexibility index (Phi) is 7.63. The summed E-state index contributed by atoms with van der Waals surface area (Å²) in [6.07, 6.45) is -2.26. The van der Waals surface area contributed by atoms with Crippen molar-refractivity contribution in [3.63, 3.8) is 0 Å². The molecule has 1 aliphatic heterocycles. The van der Waals surface area contributed by atoms with Crippen LogP contribution in [0.1, 0.15) is 23.4 Å². The molecule has 192 valence electrons. The van der Waals surface area contributed by atoms with E-state index in [2.05, 4.69) is 36.0 Å². The summed E-state index contributed by atoms with van der Waals surface area (Å²) in [5.74, 6) is -0.902. The molecule has 0 saturated heterocycles. The lowest BCUT2D eigenvalue weighted by Crippen LogP contribution is -2.18. The number of rotatable bonds is 6. The van der Waals surface area contributed by atoms with Crippen LogP contribution in [-0.4, -0.2) is 43.3 Å². The Bertz CT molecular complexity index is 1380. The maximum absolute atomic E-state index is 13.0. The molecular weight excluding hydrogens is 489 g/mol. The van der Waals surface area contributed by atoms with Gasteiger partial charge in [-0.15, -0.1) is 0 Å². The smallest absolute Gasteiger partial charge is 0.400 e. The van der Waals surface area contributed by atoms with Gasteiger partial charge in [0.15, 0.2) is 5.82 Å². The van der Waals surface area contributed by atoms with E-state index >= 15 is 0 Å². The highest BCUT2D eigenvalue weighted by Gasteiger charge is 2.35. The second kappa shape index (κ2) is 11.0. The number of alkyl halides is 3. The minimum Gasteiger partial charge on any atom is -0.400 e. The van der Waals surface area contributed by atoms with E-state index in [1.165, 1.54) is 6.20 Å². The van der Waals surface area contributed by atoms with Crippen molar-refractivity contribution in [1.82, 2.24) is 25.1 Å². The number of aromatic nitrogens is 5. The third kappa shape index (κ3) is 6.19. The van der Waals surface area contributed by atoms with Crippen molar-refractivity contribution in [3.8, 4) is 11.4 Å². The van der Waals surface area contributed by atoms with Crippen LogP contribution in [0.25, 0.3) is 11.4 Å². The molecule has 0 aliphatic carbocycles. The quantitative estimate of drug-likeness (QED) is 0.260. The molecule has 13 heteroatoms. The molecule has 0 unspecified atom stereocenters. The summed E-state index contributed by atoms with van der Waals surface area (Å²) in [5, 5.41) is 21.7. The van der Waals surface area contributed by atoms with Crippen LogP contribution >= 0.6 is 0 Å². The molecule has 0 fully saturated rings. The first-order valence-electron chi connectivity index (χ1n) is 11.1. The average molecular weight is 512 g/mol. The molecular formula is C24H23F3N8O2. The second-order valence-electron chi connectivity index (χ2n) is 7.85. The van der Waals surface area contributed by atoms with Gasteiger partial charge in [0.1, 0.15) is 5.82 Å². The lowest BCUT2D eigenvalue weighted by molar-refractivity contribution is -0.144. The number of aromatic amines is 1. The third-order valence-corrected chi connectivity index (χ3v) is 5.34. The van der Waals surface area contributed by atoms with Gasteiger partial charge in [-0.05, 0) is 35.7 Å². The SMILES string of the molecule is CO.O=C1CCc2cc(Nc3ncc(-c4n[nH]c(C(F)(F)F)n4)c(NCc4ccccc4)n3)ccc2N1. The summed E-state index contributed by atoms with van der Waals surface area (Å²) < 4.78 is 39.1. The Morgan fingerprint density at radius 1 is 1.05 bits per heavy atom. The Balaban J connectivity index is 0.00000156. The number of carbonyl (C=O) groups is 1. The summed E-state index contributed by atoms with van der Waals surface area (Å²) in [7, 11) is 1.00. The number of hydrogen-bond acceptors (Lipinski definition) is 8. The number of aliphatic hydroxyl groups is 1. The lowest BCUT2D eigenvalue weighted by atomic mass is 10.0. The van der Waals surface area contributed by atoms with Gasteiger partial charge in [-0.2, -0.15) is 23.3 Å². The van der Waals surface area contributed by atoms with Crippen molar-refractivity contribution in [2.24, 2.45) is 0 Å². The first kappa shape index (κ1) is 25.6. The van der Waals surface area contributed by atoms with Gasteiger partial charge in [-0.25, -0.2) is 9.97 Å². The number of hydrogen-bond donors (Lipinski definition) is 5. The predicted octanol–water partition coefficient (Wildman–Crippen LogP) is 4.13. The molecule has 0 atom stereocenters. The largest absolute Gasteiger partial charge is 0.451 e. The Morgan fingerprint density at radius 3 is 2.57 bits per heavy atom. The molecule has 3 heterocycles. The van der Waals surface area contributed by atoms with Gasteiger partial charge in [-0.1, -0.05) is 30.3 Å². The molecule has 10 nitrogen and oxygen atoms in total. The first-order chi connectivity index (χ1) is 17.8. The normalized spacial score (nSPS) is 12.6. The zero-order valence-corrected chi connectivity index (χ0v) is 19.6. The zero-order valence-electron chi connectivity index (χ0n) is 19.6. The molecule has 1 amide bonds. The number of nitrogens with zero attached hydrogens (tertiary/aromatic N) is 4. The van der Waals surface area contributed by atoms with E-state index in [0.29, 0.717) is 25.1 Å². The van der Waals surface area contributed by atoms with E-state index < -0.39 is 12.0 Å². The van der Waals surface area contributed by atoms with Crippen LogP contribution in [0, 0.1) is 0 Å². The number of benzene rings is 2. The minimum atomic E-state index is -4.66. The summed E-state index contributed by atoms with van der Waals surface area (Å²) in [5.41, 5.74) is 3.62. The van der Waals surface area contributed by atoms with Gasteiger partial charge in [0, 0.05) is 37.6 Å². The molecule has 0 bridgehead atoms. The minimum absolute atomic E-state index is 0.0214. The monoisotopic (exact) mass is 512 g/mol. The summed E-state index contributed by atoms with van der Waals surface area (Å²) in [6, 6.07) is 14.9. The number of H-pyrrole nitrogens is 1. The summed E-state index contributed by atoms with van der Waals surface area (Å²) in [6.45, 7) is 0.374. The van der Waals surface area contributed by atoms with E-state index in [9.17, 15) is 18.0 Å². The molecule has 5 N–H and O–H groups in total. The van der Waals surface area contributed by atoms with E-state index in [4.69, 9.17) is 5.11 Å². The highest BCUT2D eigenvalue weighted by atomic mass is 19.4. The van der Waals surface area contributed by atoms with Crippen LogP contribution in [0.2, 0.25) is 0 Å². The highest BCUT2D eigenvalue weighted by molar-refractivity contribution is 5.94. The molecule has 2 aromatic heterocycles. The average Bonchev–Trinajstić information content (AvgIpc) is 3.40. The number of aryl methyl sites for hydroxylation is 1. The van der Waals surface area contributed by atoms with Crippen LogP contribution in [-0.2, 0) is 23.9 Å². The van der Waals surface area contributed by atoms with Crippen molar-refractivity contribution in [2.75, 3.05) is 23.1 Å². The highest BCUT2D eigenvalue weighted by Crippen LogP contribution is 2.31. The fourth-order valence-corrected chi connectivity index (χ4v) is 3.62. The maximum Gasteiger partial charge on any atom is 0.451 e. The van der Waals surface area contributed by atoms with Gasteiger partial charge in [0.25, 0.3) is 0 Å². The number of aliphatic hydroxyl groups excluding tert-OH is 1. The van der Waals surface area contributed by atoms with Crippen LogP contribution in [0.4, 0.5) is 36.3 Å². The van der Waals surface area contributed by atoms with Crippen molar-refractivity contribution < 1.29 is 23.1 Å². The summed E-state index contributed by atoms with van der Waals surface area (Å²) >= 11 is 0. The van der Waals surface area contributed by atoms with Crippen LogP contribution < -0.4 is 16.0 Å². The van der Waals surface area contributed by atoms with Crippen LogP contribution in [0.3, 0.4) is 0 Å². The maximum atomic E-state index is 13.0. The molecule has 0 spiro atoms. The van der Waals surface area contributed by atoms with E-state index in [1.807, 2.05) is 41.5 Å². The molecule has 5 rings (SSSR count). The van der Waals surface area contributed by atoms with E-state index in [1.54, 1.807) is 12.1 Å². The van der Waals surface area contributed by atoms with Crippen molar-refractivity contribution in [1.29, 1.82) is 0 Å². The Labute approximate surface area is 209 Å². The van der Waals surface area contributed by atoms with Crippen LogP contribution in [0.5, 0.6) is 0 Å². The molecule has 37 heavy (non-hydrogen) atoms. The zero-order chi connectivity index (χ0) is 26.4. The van der Waals surface area contributed by atoms with Crippen molar-refractivity contribution >= 4 is 29.0 Å². The lowest BCUT2D eigenvalue weighted by Gasteiger charge is -2.18. The van der Waals surface area contributed by atoms with Gasteiger partial charge in [-0.3, -0.25) is 9.89 Å². The molecule has 1 aliphatic rings. The Hall–Kier alpha value is -4.52. The van der Waals surface area contributed by atoms with E-state index in [-0.39, 0.29) is 29.1 Å². The molecule has 4 aromatic rings. The topological polar surface area (TPSA) is 141 Å². The number of anilines is 4. The fraction of sp³-hybridized carbons (Fsp3) is 0.208. The molecule has 0 radical (unpaired) electrons. The second-order valence-corrected chi connectivity index (χ2v) is 7.85. The van der Waals surface area contributed by atoms with Crippen molar-refractivity contribution in [3.05, 3.63) is 71.7 Å². The van der Waals surface area contributed by atoms with Gasteiger partial charge < -0.3 is 21.1 Å². The standard InChI is InChI=1S/C23H19F3N8O.CH4O/c24-23(25,26)21-31-20(33-34-21)16-12-28-22(32-19(16)27-11-13-4-2-1-3-5-13)29-15-7-8-17-14(10-15)6-9-18(35)30-17;1-2/h1-5,7-8,10,12H,6,9,11H2,(H,30,35)(H,31,33,34)(H2,27,28,29,32);2H,1H3. The predicted molar refractivity (Wildman–Crippen MR) is 131 cm³/mol. The summed E-state index contributed by atoms with van der Waals surface area (Å²) in [4.78, 5) is 23.9. The van der Waals surface area contributed by atoms with Gasteiger partial charge in [0.05, 0.1) is 5.56 Å². The van der Waals surface area contributed by atoms with Crippen molar-refractivity contribution in [2.45, 2.75) is 25.6 Å². The molecule has 0 saturated carbocycles. The number of nitrogens with one attached hydrogen (secondary N) is 4. The molecule has 2 aromatic carbocycles. The Morgan fingerprint density at radius 2 is 1.84 bits per heavy atom. The number of amides is 1. The number of carbonyl (C=O) groups excluding carboxylic acids is 1. The van der Waals surface area contributed by atoms with E-state index in [0.717, 1.165) is 23.9 Å².